The number of benzene rings is 1. The van der Waals surface area contributed by atoms with Crippen LogP contribution in [0.15, 0.2) is 18.2 Å². The summed E-state index contributed by atoms with van der Waals surface area (Å²) in [6, 6.07) is 4.18. The Bertz CT molecular complexity index is 801. The molecule has 0 aliphatic carbocycles. The van der Waals surface area contributed by atoms with Gasteiger partial charge < -0.3 is 15.2 Å². The van der Waals surface area contributed by atoms with Crippen LogP contribution >= 0.6 is 0 Å². The van der Waals surface area contributed by atoms with Gasteiger partial charge in [-0.05, 0) is 18.2 Å². The molecule has 0 aromatic heterocycles. The number of rotatable bonds is 6. The average molecular weight is 384 g/mol. The molecule has 0 bridgehead atoms. The van der Waals surface area contributed by atoms with Crippen molar-refractivity contribution in [2.75, 3.05) is 23.4 Å². The van der Waals surface area contributed by atoms with Crippen LogP contribution in [-0.4, -0.2) is 42.2 Å². The van der Waals surface area contributed by atoms with E-state index in [0.29, 0.717) is 5.75 Å². The Morgan fingerprint density at radius 3 is 2.67 bits per heavy atom. The predicted molar refractivity (Wildman–Crippen MR) is 88.2 cm³/mol. The van der Waals surface area contributed by atoms with E-state index in [9.17, 15) is 27.6 Å². The number of fused-ring (bicyclic) bond motifs is 1. The first-order valence-corrected chi connectivity index (χ1v) is 7.71. The number of amides is 2. The van der Waals surface area contributed by atoms with Crippen molar-refractivity contribution in [1.82, 2.24) is 0 Å². The van der Waals surface area contributed by atoms with Crippen LogP contribution in [0.5, 0.6) is 5.75 Å². The maximum Gasteiger partial charge on any atom is 0.392 e. The van der Waals surface area contributed by atoms with Gasteiger partial charge >= 0.3 is 12.1 Å². The molecule has 1 atom stereocenters. The number of carbonyl (C=O) groups excluding carboxylic acids is 2. The molecule has 27 heavy (non-hydrogen) atoms. The van der Waals surface area contributed by atoms with Gasteiger partial charge in [0.25, 0.3) is 5.91 Å². The minimum Gasteiger partial charge on any atom is -0.482 e. The number of nitrogens with one attached hydrogen (secondary N) is 1. The van der Waals surface area contributed by atoms with Gasteiger partial charge in [-0.1, -0.05) is 5.92 Å². The van der Waals surface area contributed by atoms with E-state index in [1.54, 1.807) is 0 Å². The number of halogens is 3. The van der Waals surface area contributed by atoms with E-state index in [2.05, 4.69) is 11.2 Å². The number of aliphatic carboxylic acids is 1. The molecule has 1 unspecified atom stereocenters. The minimum atomic E-state index is -4.82. The maximum absolute atomic E-state index is 12.9. The molecule has 0 saturated carbocycles. The lowest BCUT2D eigenvalue weighted by Gasteiger charge is -2.28. The number of hydrogen-bond acceptors (Lipinski definition) is 4. The highest BCUT2D eigenvalue weighted by atomic mass is 19.4. The van der Waals surface area contributed by atoms with Crippen molar-refractivity contribution < 1.29 is 37.4 Å². The number of hydrogen-bond donors (Lipinski definition) is 2. The number of terminal acetylenes is 1. The van der Waals surface area contributed by atoms with E-state index in [4.69, 9.17) is 16.3 Å². The highest BCUT2D eigenvalue weighted by molar-refractivity contribution is 6.00. The van der Waals surface area contributed by atoms with Crippen molar-refractivity contribution in [3.63, 3.8) is 0 Å². The Labute approximate surface area is 152 Å². The zero-order valence-corrected chi connectivity index (χ0v) is 13.9. The molecular formula is C17H15F3N2O5. The number of carboxylic acid groups (broad SMARTS) is 1. The van der Waals surface area contributed by atoms with E-state index < -0.39 is 42.7 Å². The van der Waals surface area contributed by atoms with Crippen LogP contribution in [0.4, 0.5) is 24.5 Å². The molecule has 2 N–H and O–H groups in total. The highest BCUT2D eigenvalue weighted by Gasteiger charge is 2.42. The number of carboxylic acids is 1. The highest BCUT2D eigenvalue weighted by Crippen LogP contribution is 2.35. The van der Waals surface area contributed by atoms with E-state index in [1.165, 1.54) is 23.1 Å². The number of nitrogens with zero attached hydrogens (tertiary/aromatic N) is 1. The van der Waals surface area contributed by atoms with E-state index in [-0.39, 0.29) is 24.5 Å². The van der Waals surface area contributed by atoms with E-state index >= 15 is 0 Å². The van der Waals surface area contributed by atoms with Crippen molar-refractivity contribution in [3.8, 4) is 18.1 Å². The minimum absolute atomic E-state index is 0.0403. The normalized spacial score (nSPS) is 14.6. The molecule has 2 rings (SSSR count). The standard InChI is InChI=1S/C17H15F3N2O5/c1-2-5-22-12-8-11(3-4-13(12)27-9-15(22)24)21-14(23)6-10(7-16(25)26)17(18,19)20/h1,3-4,8,10H,5-7,9H2,(H,21,23)(H,25,26). The van der Waals surface area contributed by atoms with Crippen molar-refractivity contribution in [2.24, 2.45) is 5.92 Å². The Balaban J connectivity index is 2.15. The second kappa shape index (κ2) is 7.99. The molecule has 0 fully saturated rings. The second-order valence-electron chi connectivity index (χ2n) is 5.74. The molecular weight excluding hydrogens is 369 g/mol. The van der Waals surface area contributed by atoms with Gasteiger partial charge in [-0.15, -0.1) is 6.42 Å². The largest absolute Gasteiger partial charge is 0.482 e. The Morgan fingerprint density at radius 2 is 2.07 bits per heavy atom. The quantitative estimate of drug-likeness (QED) is 0.732. The van der Waals surface area contributed by atoms with Gasteiger partial charge in [-0.2, -0.15) is 13.2 Å². The van der Waals surface area contributed by atoms with Gasteiger partial charge in [0, 0.05) is 12.1 Å². The van der Waals surface area contributed by atoms with E-state index in [0.717, 1.165) is 0 Å². The van der Waals surface area contributed by atoms with Crippen LogP contribution in [0.3, 0.4) is 0 Å². The van der Waals surface area contributed by atoms with Gasteiger partial charge in [0.15, 0.2) is 6.61 Å². The van der Waals surface area contributed by atoms with Crippen LogP contribution in [0, 0.1) is 18.3 Å². The Morgan fingerprint density at radius 1 is 1.37 bits per heavy atom. The zero-order valence-electron chi connectivity index (χ0n) is 13.9. The van der Waals surface area contributed by atoms with E-state index in [1.807, 2.05) is 0 Å². The maximum atomic E-state index is 12.9. The fourth-order valence-electron chi connectivity index (χ4n) is 2.49. The molecule has 1 aliphatic rings. The Hall–Kier alpha value is -3.22. The number of ether oxygens (including phenoxy) is 1. The summed E-state index contributed by atoms with van der Waals surface area (Å²) in [5.41, 5.74) is 0.398. The summed E-state index contributed by atoms with van der Waals surface area (Å²) in [4.78, 5) is 35.7. The monoisotopic (exact) mass is 384 g/mol. The fourth-order valence-corrected chi connectivity index (χ4v) is 2.49. The third-order valence-corrected chi connectivity index (χ3v) is 3.75. The summed E-state index contributed by atoms with van der Waals surface area (Å²) in [6.45, 7) is -0.246. The zero-order chi connectivity index (χ0) is 20.2. The average Bonchev–Trinajstić information content (AvgIpc) is 2.56. The van der Waals surface area contributed by atoms with Gasteiger partial charge in [0.05, 0.1) is 24.6 Å². The van der Waals surface area contributed by atoms with Gasteiger partial charge in [-0.25, -0.2) is 0 Å². The first kappa shape index (κ1) is 20.1. The molecule has 7 nitrogen and oxygen atoms in total. The van der Waals surface area contributed by atoms with Crippen molar-refractivity contribution in [2.45, 2.75) is 19.0 Å². The lowest BCUT2D eigenvalue weighted by Crippen LogP contribution is -2.39. The molecule has 1 aliphatic heterocycles. The first-order chi connectivity index (χ1) is 12.6. The van der Waals surface area contributed by atoms with Gasteiger partial charge in [-0.3, -0.25) is 19.3 Å². The summed E-state index contributed by atoms with van der Waals surface area (Å²) < 4.78 is 43.8. The molecule has 0 spiro atoms. The smallest absolute Gasteiger partial charge is 0.392 e. The molecule has 144 valence electrons. The van der Waals surface area contributed by atoms with Crippen LogP contribution in [0.1, 0.15) is 12.8 Å². The molecule has 2 amide bonds. The lowest BCUT2D eigenvalue weighted by molar-refractivity contribution is -0.185. The van der Waals surface area contributed by atoms with Crippen LogP contribution < -0.4 is 15.0 Å². The van der Waals surface area contributed by atoms with Crippen LogP contribution in [-0.2, 0) is 14.4 Å². The number of carbonyl (C=O) groups is 3. The summed E-state index contributed by atoms with van der Waals surface area (Å²) >= 11 is 0. The van der Waals surface area contributed by atoms with Crippen molar-refractivity contribution in [3.05, 3.63) is 18.2 Å². The second-order valence-corrected chi connectivity index (χ2v) is 5.74. The lowest BCUT2D eigenvalue weighted by atomic mass is 10.0. The SMILES string of the molecule is C#CCN1C(=O)COc2ccc(NC(=O)CC(CC(=O)O)C(F)(F)F)cc21. The van der Waals surface area contributed by atoms with Crippen LogP contribution in [0.2, 0.25) is 0 Å². The summed E-state index contributed by atoms with van der Waals surface area (Å²) in [5, 5.41) is 10.9. The molecule has 1 aromatic rings. The summed E-state index contributed by atoms with van der Waals surface area (Å²) in [7, 11) is 0. The van der Waals surface area contributed by atoms with Crippen molar-refractivity contribution >= 4 is 29.2 Å². The third kappa shape index (κ3) is 5.13. The molecule has 10 heteroatoms. The van der Waals surface area contributed by atoms with Crippen molar-refractivity contribution in [1.29, 1.82) is 0 Å². The molecule has 0 radical (unpaired) electrons. The number of alkyl halides is 3. The van der Waals surface area contributed by atoms with Crippen LogP contribution in [0.25, 0.3) is 0 Å². The number of anilines is 2. The van der Waals surface area contributed by atoms with Gasteiger partial charge in [0.1, 0.15) is 5.75 Å². The molecule has 1 heterocycles. The topological polar surface area (TPSA) is 95.9 Å². The summed E-state index contributed by atoms with van der Waals surface area (Å²) in [6.07, 6.45) is -1.85. The Kier molecular flexibility index (Phi) is 5.95. The third-order valence-electron chi connectivity index (χ3n) is 3.75. The molecule has 1 aromatic carbocycles. The summed E-state index contributed by atoms with van der Waals surface area (Å²) in [5.74, 6) is -2.73. The molecule has 0 saturated heterocycles. The van der Waals surface area contributed by atoms with Gasteiger partial charge in [0.2, 0.25) is 5.91 Å². The predicted octanol–water partition coefficient (Wildman–Crippen LogP) is 2.03. The fraction of sp³-hybridized carbons (Fsp3) is 0.353. The first-order valence-electron chi connectivity index (χ1n) is 7.71.